The van der Waals surface area contributed by atoms with Gasteiger partial charge in [0.25, 0.3) is 0 Å². The summed E-state index contributed by atoms with van der Waals surface area (Å²) >= 11 is 0. The molecule has 1 N–H and O–H groups in total. The first-order chi connectivity index (χ1) is 10.2. The standard InChI is InChI=1S/C17H21FN2O/c18-14-6-4-13(5-7-14)15-19-17(9-10-17)16(21)20(15)11-8-12-2-1-3-12/h4-7,12,15,19H,1-3,8-11H2. The number of nitrogens with zero attached hydrogens (tertiary/aromatic N) is 1. The molecule has 1 saturated heterocycles. The van der Waals surface area contributed by atoms with Crippen molar-refractivity contribution >= 4 is 5.91 Å². The van der Waals surface area contributed by atoms with Crippen molar-refractivity contribution in [2.75, 3.05) is 6.54 Å². The van der Waals surface area contributed by atoms with E-state index in [1.54, 1.807) is 12.1 Å². The van der Waals surface area contributed by atoms with E-state index in [9.17, 15) is 9.18 Å². The highest BCUT2D eigenvalue weighted by Gasteiger charge is 2.59. The second kappa shape index (κ2) is 4.80. The van der Waals surface area contributed by atoms with E-state index in [4.69, 9.17) is 0 Å². The van der Waals surface area contributed by atoms with Gasteiger partial charge in [0.1, 0.15) is 17.5 Å². The van der Waals surface area contributed by atoms with Gasteiger partial charge in [0.15, 0.2) is 0 Å². The van der Waals surface area contributed by atoms with Gasteiger partial charge in [-0.15, -0.1) is 0 Å². The predicted octanol–water partition coefficient (Wildman–Crippen LogP) is 2.98. The van der Waals surface area contributed by atoms with Crippen LogP contribution in [-0.2, 0) is 4.79 Å². The molecule has 1 aromatic rings. The minimum atomic E-state index is -0.307. The molecular weight excluding hydrogens is 267 g/mol. The molecule has 0 bridgehead atoms. The van der Waals surface area contributed by atoms with Crippen LogP contribution in [0.3, 0.4) is 0 Å². The van der Waals surface area contributed by atoms with Gasteiger partial charge in [-0.25, -0.2) is 4.39 Å². The van der Waals surface area contributed by atoms with Crippen LogP contribution in [0.1, 0.15) is 50.3 Å². The molecule has 1 spiro atoms. The fraction of sp³-hybridized carbons (Fsp3) is 0.588. The molecule has 4 rings (SSSR count). The maximum absolute atomic E-state index is 13.1. The first-order valence-corrected chi connectivity index (χ1v) is 8.02. The molecule has 3 aliphatic rings. The Balaban J connectivity index is 1.54. The fourth-order valence-corrected chi connectivity index (χ4v) is 3.52. The molecule has 1 atom stereocenters. The van der Waals surface area contributed by atoms with E-state index in [0.717, 1.165) is 37.3 Å². The maximum atomic E-state index is 13.1. The molecule has 4 heteroatoms. The highest BCUT2D eigenvalue weighted by Crippen LogP contribution is 2.46. The summed E-state index contributed by atoms with van der Waals surface area (Å²) in [6.45, 7) is 0.820. The summed E-state index contributed by atoms with van der Waals surface area (Å²) in [5.41, 5.74) is 0.681. The quantitative estimate of drug-likeness (QED) is 0.924. The molecule has 1 heterocycles. The molecule has 1 aromatic carbocycles. The number of carbonyl (C=O) groups excluding carboxylic acids is 1. The fourth-order valence-electron chi connectivity index (χ4n) is 3.52. The largest absolute Gasteiger partial charge is 0.321 e. The first-order valence-electron chi connectivity index (χ1n) is 8.02. The average molecular weight is 288 g/mol. The lowest BCUT2D eigenvalue weighted by Gasteiger charge is -2.30. The maximum Gasteiger partial charge on any atom is 0.244 e. The van der Waals surface area contributed by atoms with Crippen molar-refractivity contribution in [2.45, 2.75) is 50.2 Å². The van der Waals surface area contributed by atoms with Crippen molar-refractivity contribution in [3.8, 4) is 0 Å². The van der Waals surface area contributed by atoms with Crippen LogP contribution >= 0.6 is 0 Å². The van der Waals surface area contributed by atoms with Gasteiger partial charge in [-0.3, -0.25) is 10.1 Å². The van der Waals surface area contributed by atoms with E-state index in [1.807, 2.05) is 4.90 Å². The third-order valence-electron chi connectivity index (χ3n) is 5.33. The normalized spacial score (nSPS) is 27.2. The molecule has 3 nitrogen and oxygen atoms in total. The van der Waals surface area contributed by atoms with E-state index < -0.39 is 0 Å². The number of amides is 1. The van der Waals surface area contributed by atoms with Gasteiger partial charge in [-0.2, -0.15) is 0 Å². The Morgan fingerprint density at radius 2 is 1.95 bits per heavy atom. The van der Waals surface area contributed by atoms with E-state index in [1.165, 1.54) is 31.4 Å². The summed E-state index contributed by atoms with van der Waals surface area (Å²) in [7, 11) is 0. The molecule has 1 aliphatic heterocycles. The lowest BCUT2D eigenvalue weighted by molar-refractivity contribution is -0.131. The molecule has 2 saturated carbocycles. The second-order valence-corrected chi connectivity index (χ2v) is 6.76. The van der Waals surface area contributed by atoms with Crippen molar-refractivity contribution in [3.63, 3.8) is 0 Å². The van der Waals surface area contributed by atoms with Crippen LogP contribution in [-0.4, -0.2) is 22.9 Å². The van der Waals surface area contributed by atoms with E-state index in [2.05, 4.69) is 5.32 Å². The summed E-state index contributed by atoms with van der Waals surface area (Å²) in [5.74, 6) is 0.809. The number of carbonyl (C=O) groups is 1. The van der Waals surface area contributed by atoms with Crippen LogP contribution in [0.15, 0.2) is 24.3 Å². The summed E-state index contributed by atoms with van der Waals surface area (Å²) in [6, 6.07) is 6.53. The Morgan fingerprint density at radius 3 is 2.52 bits per heavy atom. The minimum Gasteiger partial charge on any atom is -0.321 e. The third kappa shape index (κ3) is 2.26. The Labute approximate surface area is 124 Å². The van der Waals surface area contributed by atoms with Crippen LogP contribution in [0.5, 0.6) is 0 Å². The van der Waals surface area contributed by atoms with Crippen molar-refractivity contribution in [1.82, 2.24) is 10.2 Å². The van der Waals surface area contributed by atoms with Crippen molar-refractivity contribution in [3.05, 3.63) is 35.6 Å². The van der Waals surface area contributed by atoms with Crippen LogP contribution in [0.2, 0.25) is 0 Å². The molecule has 2 aliphatic carbocycles. The van der Waals surface area contributed by atoms with Gasteiger partial charge in [-0.1, -0.05) is 31.4 Å². The summed E-state index contributed by atoms with van der Waals surface area (Å²) in [4.78, 5) is 14.6. The topological polar surface area (TPSA) is 32.3 Å². The third-order valence-corrected chi connectivity index (χ3v) is 5.33. The van der Waals surface area contributed by atoms with Gasteiger partial charge >= 0.3 is 0 Å². The minimum absolute atomic E-state index is 0.0827. The van der Waals surface area contributed by atoms with Gasteiger partial charge in [0.05, 0.1) is 0 Å². The van der Waals surface area contributed by atoms with E-state index in [-0.39, 0.29) is 23.4 Å². The van der Waals surface area contributed by atoms with E-state index in [0.29, 0.717) is 0 Å². The zero-order chi connectivity index (χ0) is 14.4. The highest BCUT2D eigenvalue weighted by molar-refractivity contribution is 5.92. The van der Waals surface area contributed by atoms with Crippen LogP contribution in [0.4, 0.5) is 4.39 Å². The van der Waals surface area contributed by atoms with Crippen LogP contribution in [0.25, 0.3) is 0 Å². The summed E-state index contributed by atoms with van der Waals surface area (Å²) in [5, 5.41) is 3.49. The molecule has 3 fully saturated rings. The van der Waals surface area contributed by atoms with Gasteiger partial charge in [0.2, 0.25) is 5.91 Å². The number of rotatable bonds is 4. The smallest absolute Gasteiger partial charge is 0.244 e. The Morgan fingerprint density at radius 1 is 1.24 bits per heavy atom. The Hall–Kier alpha value is -1.42. The molecule has 0 radical (unpaired) electrons. The van der Waals surface area contributed by atoms with Gasteiger partial charge < -0.3 is 4.90 Å². The van der Waals surface area contributed by atoms with Crippen molar-refractivity contribution in [2.24, 2.45) is 5.92 Å². The zero-order valence-corrected chi connectivity index (χ0v) is 12.1. The monoisotopic (exact) mass is 288 g/mol. The number of benzene rings is 1. The van der Waals surface area contributed by atoms with Crippen LogP contribution < -0.4 is 5.32 Å². The molecule has 1 unspecified atom stereocenters. The molecule has 1 amide bonds. The van der Waals surface area contributed by atoms with Crippen molar-refractivity contribution in [1.29, 1.82) is 0 Å². The molecular formula is C17H21FN2O. The molecule has 0 aromatic heterocycles. The zero-order valence-electron chi connectivity index (χ0n) is 12.1. The second-order valence-electron chi connectivity index (χ2n) is 6.76. The molecule has 112 valence electrons. The number of hydrogen-bond acceptors (Lipinski definition) is 2. The summed E-state index contributed by atoms with van der Waals surface area (Å²) in [6.07, 6.45) is 6.83. The lowest BCUT2D eigenvalue weighted by atomic mass is 9.83. The van der Waals surface area contributed by atoms with Crippen molar-refractivity contribution < 1.29 is 9.18 Å². The Bertz CT molecular complexity index is 548. The lowest BCUT2D eigenvalue weighted by Crippen LogP contribution is -2.34. The Kier molecular flexibility index (Phi) is 3.03. The number of hydrogen-bond donors (Lipinski definition) is 1. The SMILES string of the molecule is O=C1N(CCC2CCC2)C(c2ccc(F)cc2)NC12CC2. The number of halogens is 1. The van der Waals surface area contributed by atoms with E-state index >= 15 is 0 Å². The highest BCUT2D eigenvalue weighted by atomic mass is 19.1. The number of nitrogens with one attached hydrogen (secondary N) is 1. The van der Waals surface area contributed by atoms with Gasteiger partial charge in [-0.05, 0) is 42.9 Å². The average Bonchev–Trinajstić information content (AvgIpc) is 3.15. The van der Waals surface area contributed by atoms with Crippen LogP contribution in [0, 0.1) is 11.7 Å². The van der Waals surface area contributed by atoms with Gasteiger partial charge in [0, 0.05) is 6.54 Å². The predicted molar refractivity (Wildman–Crippen MR) is 77.9 cm³/mol. The summed E-state index contributed by atoms with van der Waals surface area (Å²) < 4.78 is 13.1. The molecule has 21 heavy (non-hydrogen) atoms. The first kappa shape index (κ1) is 13.3.